The van der Waals surface area contributed by atoms with Crippen molar-refractivity contribution in [2.24, 2.45) is 5.41 Å². The molecule has 0 bridgehead atoms. The predicted molar refractivity (Wildman–Crippen MR) is 169 cm³/mol. The van der Waals surface area contributed by atoms with Crippen LogP contribution in [0.25, 0.3) is 22.3 Å². The monoisotopic (exact) mass is 646 g/mol. The summed E-state index contributed by atoms with van der Waals surface area (Å²) in [6.07, 6.45) is 8.64. The van der Waals surface area contributed by atoms with Crippen LogP contribution >= 0.6 is 11.9 Å². The highest BCUT2D eigenvalue weighted by Crippen LogP contribution is 2.53. The van der Waals surface area contributed by atoms with E-state index in [1.54, 1.807) is 37.7 Å². The van der Waals surface area contributed by atoms with Gasteiger partial charge < -0.3 is 15.5 Å². The van der Waals surface area contributed by atoms with Gasteiger partial charge in [0.1, 0.15) is 0 Å². The summed E-state index contributed by atoms with van der Waals surface area (Å²) in [4.78, 5) is 60.8. The van der Waals surface area contributed by atoms with Crippen LogP contribution in [0.3, 0.4) is 0 Å². The van der Waals surface area contributed by atoms with Crippen LogP contribution < -0.4 is 25.6 Å². The van der Waals surface area contributed by atoms with E-state index < -0.39 is 16.8 Å². The zero-order chi connectivity index (χ0) is 31.6. The van der Waals surface area contributed by atoms with Gasteiger partial charge in [-0.1, -0.05) is 11.9 Å². The second-order valence-corrected chi connectivity index (χ2v) is 13.2. The maximum atomic E-state index is 12.8. The first-order chi connectivity index (χ1) is 21.7. The molecule has 4 aromatic heterocycles. The number of fused-ring (bicyclic) bond motifs is 1. The van der Waals surface area contributed by atoms with Crippen LogP contribution in [0, 0.1) is 12.3 Å². The molecule has 45 heavy (non-hydrogen) atoms. The number of nitrogens with zero attached hydrogens (tertiary/aromatic N) is 6. The molecule has 1 aliphatic carbocycles. The number of hydrogen-bond acceptors (Lipinski definition) is 12. The number of pyridine rings is 3. The quantitative estimate of drug-likeness (QED) is 0.162. The Labute approximate surface area is 265 Å². The second kappa shape index (κ2) is 12.8. The van der Waals surface area contributed by atoms with Gasteiger partial charge in [-0.2, -0.15) is 0 Å². The lowest BCUT2D eigenvalue weighted by Crippen LogP contribution is -2.46. The topological polar surface area (TPSA) is 184 Å². The van der Waals surface area contributed by atoms with Gasteiger partial charge in [-0.15, -0.1) is 0 Å². The predicted octanol–water partition coefficient (Wildman–Crippen LogP) is 2.03. The molecule has 1 spiro atoms. The molecule has 2 fully saturated rings. The minimum Gasteiger partial charge on any atom is -0.346 e. The largest absolute Gasteiger partial charge is 0.346 e. The van der Waals surface area contributed by atoms with E-state index in [0.29, 0.717) is 64.3 Å². The molecule has 1 aliphatic heterocycles. The van der Waals surface area contributed by atoms with E-state index in [-0.39, 0.29) is 23.2 Å². The Kier molecular flexibility index (Phi) is 8.69. The number of anilines is 1. The zero-order valence-corrected chi connectivity index (χ0v) is 26.1. The lowest BCUT2D eigenvalue weighted by atomic mass is 10.1. The number of aryl methyl sites for hydroxylation is 1. The fourth-order valence-electron chi connectivity index (χ4n) is 5.10. The van der Waals surface area contributed by atoms with E-state index in [2.05, 4.69) is 35.6 Å². The number of nitrogens with one attached hydrogen (secondary N) is 4. The van der Waals surface area contributed by atoms with Crippen LogP contribution in [0.4, 0.5) is 10.7 Å². The SMILES string of the molecule is Cc1ncc(C(=O)NCc2cc3nc(-c4ccnc(N5CNSC(NC(=O)NC=O)C6(CC6)C5)n4)ccc3cn2)cc1S(C)=O. The Morgan fingerprint density at radius 1 is 1.13 bits per heavy atom. The summed E-state index contributed by atoms with van der Waals surface area (Å²) in [7, 11) is -1.25. The molecular formula is C29H30N10O4S2. The summed E-state index contributed by atoms with van der Waals surface area (Å²) < 4.78 is 15.2. The molecule has 16 heteroatoms. The van der Waals surface area contributed by atoms with Crippen LogP contribution in [-0.4, -0.2) is 72.3 Å². The molecule has 0 radical (unpaired) electrons. The van der Waals surface area contributed by atoms with Crippen molar-refractivity contribution in [1.29, 1.82) is 0 Å². The lowest BCUT2D eigenvalue weighted by molar-refractivity contribution is -0.108. The smallest absolute Gasteiger partial charge is 0.322 e. The second-order valence-electron chi connectivity index (χ2n) is 10.8. The van der Waals surface area contributed by atoms with Crippen molar-refractivity contribution in [2.45, 2.75) is 36.6 Å². The Balaban J connectivity index is 1.17. The first kappa shape index (κ1) is 30.5. The highest BCUT2D eigenvalue weighted by molar-refractivity contribution is 7.98. The molecule has 232 valence electrons. The van der Waals surface area contributed by atoms with Gasteiger partial charge in [0.15, 0.2) is 0 Å². The number of aromatic nitrogens is 5. The first-order valence-corrected chi connectivity index (χ1v) is 16.5. The molecule has 6 rings (SSSR count). The van der Waals surface area contributed by atoms with Crippen molar-refractivity contribution in [3.63, 3.8) is 0 Å². The molecule has 14 nitrogen and oxygen atoms in total. The fraction of sp³-hybridized carbons (Fsp3) is 0.310. The van der Waals surface area contributed by atoms with Crippen LogP contribution in [0.15, 0.2) is 53.8 Å². The molecule has 1 saturated carbocycles. The standard InChI is InChI=1S/C29H30N10O4S2/c1-17-24(45(2)43)9-19(12-31-17)25(41)33-13-20-10-23-18(11-32-20)3-4-21(36-23)22-5-8-30-27(37-22)39-14-29(6-7-29)26(44-35-15-39)38-28(42)34-16-40/h3-5,8-12,16,26,35H,6-7,13-15H2,1-2H3,(H,33,41)(H2,34,38,40,42). The Bertz CT molecular complexity index is 1820. The number of carbonyl (C=O) groups excluding carboxylic acids is 3. The Morgan fingerprint density at radius 3 is 2.73 bits per heavy atom. The number of hydrogen-bond donors (Lipinski definition) is 4. The molecule has 1 saturated heterocycles. The third kappa shape index (κ3) is 6.77. The van der Waals surface area contributed by atoms with E-state index in [0.717, 1.165) is 18.2 Å². The van der Waals surface area contributed by atoms with Gasteiger partial charge in [0.2, 0.25) is 12.4 Å². The van der Waals surface area contributed by atoms with E-state index in [9.17, 15) is 18.6 Å². The average Bonchev–Trinajstić information content (AvgIpc) is 3.85. The number of urea groups is 1. The van der Waals surface area contributed by atoms with Crippen LogP contribution in [0.5, 0.6) is 0 Å². The summed E-state index contributed by atoms with van der Waals surface area (Å²) in [5.41, 5.74) is 3.40. The van der Waals surface area contributed by atoms with Crippen molar-refractivity contribution in [3.05, 3.63) is 65.9 Å². The van der Waals surface area contributed by atoms with Gasteiger partial charge in [-0.3, -0.25) is 29.1 Å². The minimum absolute atomic E-state index is 0.166. The molecule has 4 amide bonds. The summed E-state index contributed by atoms with van der Waals surface area (Å²) in [5.74, 6) is 0.192. The van der Waals surface area contributed by atoms with E-state index in [4.69, 9.17) is 9.97 Å². The third-order valence-corrected chi connectivity index (χ3v) is 9.91. The normalized spacial score (nSPS) is 17.7. The summed E-state index contributed by atoms with van der Waals surface area (Å²) in [6, 6.07) is 8.49. The molecular weight excluding hydrogens is 617 g/mol. The number of carbonyl (C=O) groups is 3. The zero-order valence-electron chi connectivity index (χ0n) is 24.4. The van der Waals surface area contributed by atoms with E-state index >= 15 is 0 Å². The maximum absolute atomic E-state index is 12.8. The Morgan fingerprint density at radius 2 is 1.96 bits per heavy atom. The number of rotatable bonds is 8. The molecule has 2 aliphatic rings. The van der Waals surface area contributed by atoms with Crippen LogP contribution in [0.2, 0.25) is 0 Å². The highest BCUT2D eigenvalue weighted by Gasteiger charge is 2.53. The molecule has 5 heterocycles. The summed E-state index contributed by atoms with van der Waals surface area (Å²) in [6.45, 7) is 3.02. The van der Waals surface area contributed by atoms with Crippen LogP contribution in [-0.2, 0) is 22.1 Å². The Hall–Kier alpha value is -4.54. The van der Waals surface area contributed by atoms with E-state index in [1.165, 1.54) is 18.1 Å². The van der Waals surface area contributed by atoms with Gasteiger partial charge in [0, 0.05) is 42.2 Å². The van der Waals surface area contributed by atoms with Crippen molar-refractivity contribution in [1.82, 2.24) is 45.6 Å². The van der Waals surface area contributed by atoms with Gasteiger partial charge in [-0.25, -0.2) is 24.5 Å². The van der Waals surface area contributed by atoms with Crippen LogP contribution in [0.1, 0.15) is 34.6 Å². The fourth-order valence-corrected chi connectivity index (χ4v) is 6.99. The van der Waals surface area contributed by atoms with Gasteiger partial charge >= 0.3 is 6.03 Å². The van der Waals surface area contributed by atoms with E-state index in [1.807, 2.05) is 23.1 Å². The summed E-state index contributed by atoms with van der Waals surface area (Å²) >= 11 is 1.42. The van der Waals surface area contributed by atoms with Crippen molar-refractivity contribution in [2.75, 3.05) is 24.4 Å². The summed E-state index contributed by atoms with van der Waals surface area (Å²) in [5, 5.41) is 8.48. The van der Waals surface area contributed by atoms with Crippen molar-refractivity contribution in [3.8, 4) is 11.4 Å². The maximum Gasteiger partial charge on any atom is 0.322 e. The van der Waals surface area contributed by atoms with Crippen molar-refractivity contribution >= 4 is 57.9 Å². The third-order valence-electron chi connectivity index (χ3n) is 7.72. The molecule has 4 aromatic rings. The minimum atomic E-state index is -1.25. The number of amides is 4. The average molecular weight is 647 g/mol. The molecule has 2 atom stereocenters. The first-order valence-electron chi connectivity index (χ1n) is 14.1. The lowest BCUT2D eigenvalue weighted by Gasteiger charge is -2.27. The van der Waals surface area contributed by atoms with Gasteiger partial charge in [0.25, 0.3) is 5.91 Å². The molecule has 0 aromatic carbocycles. The highest BCUT2D eigenvalue weighted by atomic mass is 32.2. The van der Waals surface area contributed by atoms with Gasteiger partial charge in [0.05, 0.1) is 68.1 Å². The molecule has 2 unspecified atom stereocenters. The van der Waals surface area contributed by atoms with Crippen molar-refractivity contribution < 1.29 is 18.6 Å². The number of imide groups is 1. The van der Waals surface area contributed by atoms with Gasteiger partial charge in [-0.05, 0) is 50.1 Å². The molecule has 4 N–H and O–H groups in total.